The monoisotopic (exact) mass is 420 g/mol. The van der Waals surface area contributed by atoms with Crippen LogP contribution in [-0.2, 0) is 31.0 Å². The van der Waals surface area contributed by atoms with Gasteiger partial charge in [0.1, 0.15) is 0 Å². The largest absolute Gasteiger partial charge is 0.481 e. The first kappa shape index (κ1) is 29.1. The predicted octanol–water partition coefficient (Wildman–Crippen LogP) is 6.33. The van der Waals surface area contributed by atoms with Gasteiger partial charge in [0.2, 0.25) is 0 Å². The van der Waals surface area contributed by atoms with Crippen LogP contribution < -0.4 is 0 Å². The number of carbonyl (C=O) groups is 1. The molecule has 0 aromatic carbocycles. The van der Waals surface area contributed by atoms with Gasteiger partial charge in [0, 0.05) is 39.2 Å². The van der Waals surface area contributed by atoms with Crippen molar-refractivity contribution < 1.29 is 41.2 Å². The Hall–Kier alpha value is 0.313. The van der Waals surface area contributed by atoms with E-state index in [1.54, 1.807) is 6.92 Å². The molecule has 0 aliphatic rings. The predicted molar refractivity (Wildman–Crippen MR) is 99.9 cm³/mol. The van der Waals surface area contributed by atoms with Crippen LogP contribution in [0, 0.1) is 0 Å². The maximum Gasteiger partial charge on any atom is 0.303 e. The summed E-state index contributed by atoms with van der Waals surface area (Å²) in [5, 5.41) is 16.1. The molecule has 3 nitrogen and oxygen atoms in total. The third-order valence-corrected chi connectivity index (χ3v) is 3.99. The Morgan fingerprint density at radius 2 is 0.875 bits per heavy atom. The van der Waals surface area contributed by atoms with E-state index in [4.69, 9.17) is 10.2 Å². The first-order valence-corrected chi connectivity index (χ1v) is 10.0. The van der Waals surface area contributed by atoms with Crippen LogP contribution in [0.3, 0.4) is 0 Å². The number of carboxylic acid groups (broad SMARTS) is 1. The van der Waals surface area contributed by atoms with Crippen molar-refractivity contribution in [3.63, 3.8) is 0 Å². The van der Waals surface area contributed by atoms with Crippen LogP contribution in [0.5, 0.6) is 0 Å². The van der Waals surface area contributed by atoms with Crippen molar-refractivity contribution in [1.29, 1.82) is 0 Å². The van der Waals surface area contributed by atoms with E-state index in [0.717, 1.165) is 12.8 Å². The minimum Gasteiger partial charge on any atom is -0.481 e. The number of hydrogen-bond donors (Lipinski definition) is 2. The summed E-state index contributed by atoms with van der Waals surface area (Å²) in [5.41, 5.74) is 0. The van der Waals surface area contributed by atoms with Gasteiger partial charge in [0.15, 0.2) is 0 Å². The average molecular weight is 422 g/mol. The summed E-state index contributed by atoms with van der Waals surface area (Å²) in [6, 6.07) is 0. The average Bonchev–Trinajstić information content (AvgIpc) is 2.51. The standard InChI is InChI=1S/C18H36O2.C2H6O.Zr/c1-2-3-4-5-6-7-8-9-10-11-12-13-14-15-16-17-18(19)20;1-2-3;/h2-17H2,1H3,(H,19,20);3H,2H2,1H3;. The molecule has 0 aromatic rings. The van der Waals surface area contributed by atoms with Crippen molar-refractivity contribution in [3.05, 3.63) is 0 Å². The Bertz CT molecular complexity index is 223. The van der Waals surface area contributed by atoms with Crippen molar-refractivity contribution in [2.45, 2.75) is 117 Å². The van der Waals surface area contributed by atoms with Gasteiger partial charge in [-0.2, -0.15) is 0 Å². The van der Waals surface area contributed by atoms with Crippen LogP contribution in [0.15, 0.2) is 0 Å². The number of rotatable bonds is 16. The van der Waals surface area contributed by atoms with Crippen LogP contribution in [0.4, 0.5) is 0 Å². The zero-order valence-corrected chi connectivity index (χ0v) is 18.8. The molecule has 0 aliphatic carbocycles. The molecular formula is C20H42O3Zr. The van der Waals surface area contributed by atoms with Crippen LogP contribution in [0.25, 0.3) is 0 Å². The Balaban J connectivity index is -0.00000102. The second kappa shape index (κ2) is 28.1. The van der Waals surface area contributed by atoms with Gasteiger partial charge >= 0.3 is 5.97 Å². The zero-order valence-electron chi connectivity index (χ0n) is 16.3. The van der Waals surface area contributed by atoms with Crippen molar-refractivity contribution in [2.75, 3.05) is 6.61 Å². The van der Waals surface area contributed by atoms with Crippen LogP contribution in [0.2, 0.25) is 0 Å². The van der Waals surface area contributed by atoms with Gasteiger partial charge in [0.25, 0.3) is 0 Å². The summed E-state index contributed by atoms with van der Waals surface area (Å²) in [5.74, 6) is -0.653. The molecule has 4 heteroatoms. The molecule has 0 amide bonds. The van der Waals surface area contributed by atoms with Gasteiger partial charge < -0.3 is 10.2 Å². The number of aliphatic carboxylic acids is 1. The van der Waals surface area contributed by atoms with Crippen molar-refractivity contribution in [1.82, 2.24) is 0 Å². The minimum atomic E-state index is -0.653. The molecule has 0 fully saturated rings. The van der Waals surface area contributed by atoms with Gasteiger partial charge in [0.05, 0.1) is 0 Å². The molecule has 0 aromatic heterocycles. The molecule has 0 spiro atoms. The summed E-state index contributed by atoms with van der Waals surface area (Å²) in [6.45, 7) is 4.20. The van der Waals surface area contributed by atoms with E-state index in [9.17, 15) is 4.79 Å². The van der Waals surface area contributed by atoms with E-state index in [1.807, 2.05) is 0 Å². The fourth-order valence-electron chi connectivity index (χ4n) is 2.65. The molecule has 0 unspecified atom stereocenters. The van der Waals surface area contributed by atoms with Gasteiger partial charge in [-0.15, -0.1) is 0 Å². The maximum atomic E-state index is 10.3. The Morgan fingerprint density at radius 3 is 1.12 bits per heavy atom. The molecular weight excluding hydrogens is 379 g/mol. The number of aliphatic hydroxyl groups is 1. The van der Waals surface area contributed by atoms with Crippen molar-refractivity contribution in [3.8, 4) is 0 Å². The van der Waals surface area contributed by atoms with Crippen LogP contribution in [-0.4, -0.2) is 22.8 Å². The number of hydrogen-bond acceptors (Lipinski definition) is 2. The summed E-state index contributed by atoms with van der Waals surface area (Å²) in [4.78, 5) is 10.3. The first-order chi connectivity index (χ1) is 11.2. The van der Waals surface area contributed by atoms with Crippen molar-refractivity contribution >= 4 is 5.97 Å². The van der Waals surface area contributed by atoms with Crippen LogP contribution in [0.1, 0.15) is 117 Å². The molecule has 0 aliphatic heterocycles. The first-order valence-electron chi connectivity index (χ1n) is 10.0. The van der Waals surface area contributed by atoms with Crippen molar-refractivity contribution in [2.24, 2.45) is 0 Å². The van der Waals surface area contributed by atoms with Gasteiger partial charge in [-0.25, -0.2) is 0 Å². The molecule has 0 saturated carbocycles. The fourth-order valence-corrected chi connectivity index (χ4v) is 2.65. The third kappa shape index (κ3) is 33.8. The molecule has 0 heterocycles. The normalized spacial score (nSPS) is 9.79. The van der Waals surface area contributed by atoms with E-state index < -0.39 is 5.97 Å². The molecule has 0 atom stereocenters. The smallest absolute Gasteiger partial charge is 0.303 e. The van der Waals surface area contributed by atoms with Gasteiger partial charge in [-0.05, 0) is 13.3 Å². The second-order valence-electron chi connectivity index (χ2n) is 6.41. The SMILES string of the molecule is CCCCCCCCCCCCCCCCCC(=O)O.CCO.[Zr]. The third-order valence-electron chi connectivity index (χ3n) is 3.99. The summed E-state index contributed by atoms with van der Waals surface area (Å²) >= 11 is 0. The summed E-state index contributed by atoms with van der Waals surface area (Å²) in [6.07, 6.45) is 20.2. The van der Waals surface area contributed by atoms with E-state index >= 15 is 0 Å². The number of aliphatic hydroxyl groups excluding tert-OH is 1. The summed E-state index contributed by atoms with van der Waals surface area (Å²) in [7, 11) is 0. The minimum absolute atomic E-state index is 0. The molecule has 0 bridgehead atoms. The Kier molecular flexibility index (Phi) is 34.1. The van der Waals surface area contributed by atoms with Crippen LogP contribution >= 0.6 is 0 Å². The van der Waals surface area contributed by atoms with E-state index in [0.29, 0.717) is 6.42 Å². The maximum absolute atomic E-state index is 10.3. The molecule has 144 valence electrons. The molecule has 24 heavy (non-hydrogen) atoms. The quantitative estimate of drug-likeness (QED) is 0.286. The van der Waals surface area contributed by atoms with E-state index in [1.165, 1.54) is 83.5 Å². The zero-order chi connectivity index (χ0) is 17.6. The molecule has 0 radical (unpaired) electrons. The summed E-state index contributed by atoms with van der Waals surface area (Å²) < 4.78 is 0. The fraction of sp³-hybridized carbons (Fsp3) is 0.950. The number of unbranched alkanes of at least 4 members (excludes halogenated alkanes) is 14. The second-order valence-corrected chi connectivity index (χ2v) is 6.41. The van der Waals surface area contributed by atoms with Gasteiger partial charge in [-0.3, -0.25) is 4.79 Å². The molecule has 0 rings (SSSR count). The Morgan fingerprint density at radius 1 is 0.625 bits per heavy atom. The topological polar surface area (TPSA) is 57.5 Å². The van der Waals surface area contributed by atoms with Gasteiger partial charge in [-0.1, -0.05) is 96.8 Å². The van der Waals surface area contributed by atoms with E-state index in [-0.39, 0.29) is 32.8 Å². The molecule has 2 N–H and O–H groups in total. The van der Waals surface area contributed by atoms with E-state index in [2.05, 4.69) is 6.92 Å². The molecule has 0 saturated heterocycles. The Labute approximate surface area is 170 Å². The number of carboxylic acids is 1.